The number of nitrogens with one attached hydrogen (secondary N) is 1. The van der Waals surface area contributed by atoms with E-state index in [0.717, 1.165) is 32.6 Å². The van der Waals surface area contributed by atoms with Gasteiger partial charge in [0.05, 0.1) is 17.8 Å². The van der Waals surface area contributed by atoms with E-state index in [9.17, 15) is 0 Å². The van der Waals surface area contributed by atoms with Gasteiger partial charge in [-0.2, -0.15) is 0 Å². The lowest BCUT2D eigenvalue weighted by atomic mass is 10.0. The summed E-state index contributed by atoms with van der Waals surface area (Å²) in [5, 5.41) is 3.15. The second-order valence-corrected chi connectivity index (χ2v) is 5.40. The summed E-state index contributed by atoms with van der Waals surface area (Å²) in [5.41, 5.74) is -0.126. The molecule has 0 fully saturated rings. The molecule has 0 aliphatic heterocycles. The molecule has 0 saturated carbocycles. The highest BCUT2D eigenvalue weighted by molar-refractivity contribution is 4.72. The summed E-state index contributed by atoms with van der Waals surface area (Å²) < 4.78 is 11.5. The molecule has 0 aromatic carbocycles. The Bertz CT molecular complexity index is 179. The maximum atomic E-state index is 5.89. The van der Waals surface area contributed by atoms with Crippen LogP contribution in [-0.2, 0) is 9.47 Å². The van der Waals surface area contributed by atoms with Gasteiger partial charge in [0.1, 0.15) is 0 Å². The van der Waals surface area contributed by atoms with Crippen molar-refractivity contribution in [2.75, 3.05) is 26.8 Å². The molecule has 98 valence electrons. The van der Waals surface area contributed by atoms with E-state index in [1.807, 2.05) is 14.0 Å². The van der Waals surface area contributed by atoms with Crippen LogP contribution in [0.25, 0.3) is 0 Å². The van der Waals surface area contributed by atoms with Gasteiger partial charge in [0.25, 0.3) is 0 Å². The predicted octanol–water partition coefficient (Wildman–Crippen LogP) is 2.60. The van der Waals surface area contributed by atoms with Crippen molar-refractivity contribution in [2.45, 2.75) is 58.7 Å². The van der Waals surface area contributed by atoms with Crippen LogP contribution in [0.1, 0.15) is 47.5 Å². The van der Waals surface area contributed by atoms with Gasteiger partial charge in [0.2, 0.25) is 0 Å². The molecule has 0 spiro atoms. The van der Waals surface area contributed by atoms with Crippen molar-refractivity contribution < 1.29 is 9.47 Å². The predicted molar refractivity (Wildman–Crippen MR) is 68.9 cm³/mol. The normalized spacial score (nSPS) is 13.1. The van der Waals surface area contributed by atoms with E-state index < -0.39 is 0 Å². The van der Waals surface area contributed by atoms with E-state index in [-0.39, 0.29) is 11.2 Å². The van der Waals surface area contributed by atoms with Gasteiger partial charge < -0.3 is 14.8 Å². The molecule has 0 aliphatic carbocycles. The molecule has 0 unspecified atom stereocenters. The Morgan fingerprint density at radius 3 is 2.00 bits per heavy atom. The molecule has 0 radical (unpaired) electrons. The van der Waals surface area contributed by atoms with Crippen LogP contribution in [0, 0.1) is 0 Å². The molecular formula is C13H29NO2. The van der Waals surface area contributed by atoms with Crippen molar-refractivity contribution >= 4 is 0 Å². The topological polar surface area (TPSA) is 30.5 Å². The van der Waals surface area contributed by atoms with E-state index >= 15 is 0 Å². The van der Waals surface area contributed by atoms with Gasteiger partial charge in [0.15, 0.2) is 0 Å². The number of hydrogen-bond donors (Lipinski definition) is 1. The maximum Gasteiger partial charge on any atom is 0.0648 e. The van der Waals surface area contributed by atoms with Crippen LogP contribution < -0.4 is 5.32 Å². The first kappa shape index (κ1) is 15.9. The molecule has 3 nitrogen and oxygen atoms in total. The third kappa shape index (κ3) is 8.08. The van der Waals surface area contributed by atoms with Crippen LogP contribution >= 0.6 is 0 Å². The lowest BCUT2D eigenvalue weighted by Crippen LogP contribution is -2.32. The fourth-order valence-electron chi connectivity index (χ4n) is 1.53. The lowest BCUT2D eigenvalue weighted by Gasteiger charge is -2.29. The van der Waals surface area contributed by atoms with Crippen molar-refractivity contribution in [2.24, 2.45) is 0 Å². The van der Waals surface area contributed by atoms with Gasteiger partial charge in [-0.1, -0.05) is 0 Å². The molecule has 0 aliphatic rings. The van der Waals surface area contributed by atoms with E-state index in [1.165, 1.54) is 0 Å². The van der Waals surface area contributed by atoms with Crippen LogP contribution in [0.3, 0.4) is 0 Å². The van der Waals surface area contributed by atoms with Gasteiger partial charge in [-0.15, -0.1) is 0 Å². The minimum Gasteiger partial charge on any atom is -0.376 e. The van der Waals surface area contributed by atoms with Crippen LogP contribution in [-0.4, -0.2) is 38.0 Å². The fraction of sp³-hybridized carbons (Fsp3) is 1.00. The summed E-state index contributed by atoms with van der Waals surface area (Å²) in [6, 6.07) is 0. The Morgan fingerprint density at radius 1 is 0.938 bits per heavy atom. The van der Waals surface area contributed by atoms with Crippen LogP contribution in [0.4, 0.5) is 0 Å². The Hall–Kier alpha value is -0.120. The largest absolute Gasteiger partial charge is 0.376 e. The quantitative estimate of drug-likeness (QED) is 0.661. The monoisotopic (exact) mass is 231 g/mol. The van der Waals surface area contributed by atoms with Crippen LogP contribution in [0.2, 0.25) is 0 Å². The number of rotatable bonds is 9. The van der Waals surface area contributed by atoms with Gasteiger partial charge in [-0.25, -0.2) is 0 Å². The Labute approximate surface area is 101 Å². The van der Waals surface area contributed by atoms with E-state index in [2.05, 4.69) is 33.0 Å². The Balaban J connectivity index is 3.78. The van der Waals surface area contributed by atoms with Crippen molar-refractivity contribution in [3.05, 3.63) is 0 Å². The average molecular weight is 231 g/mol. The molecule has 3 heteroatoms. The summed E-state index contributed by atoms with van der Waals surface area (Å²) in [6.45, 7) is 13.0. The molecule has 0 atom stereocenters. The van der Waals surface area contributed by atoms with E-state index in [4.69, 9.17) is 9.47 Å². The van der Waals surface area contributed by atoms with Crippen LogP contribution in [0.15, 0.2) is 0 Å². The summed E-state index contributed by atoms with van der Waals surface area (Å²) in [7, 11) is 1.97. The fourth-order valence-corrected chi connectivity index (χ4v) is 1.53. The first-order valence-corrected chi connectivity index (χ1v) is 6.25. The van der Waals surface area contributed by atoms with Crippen molar-refractivity contribution in [3.63, 3.8) is 0 Å². The zero-order chi connectivity index (χ0) is 12.7. The van der Waals surface area contributed by atoms with Gasteiger partial charge >= 0.3 is 0 Å². The summed E-state index contributed by atoms with van der Waals surface area (Å²) >= 11 is 0. The highest BCUT2D eigenvalue weighted by Gasteiger charge is 2.21. The third-order valence-corrected chi connectivity index (χ3v) is 2.71. The average Bonchev–Trinajstić information content (AvgIpc) is 2.14. The standard InChI is InChI=1S/C13H29NO2/c1-7-15-13(4,5)9-11-16-12(2,3)8-10-14-6/h14H,7-11H2,1-6H3. The third-order valence-electron chi connectivity index (χ3n) is 2.71. The molecule has 0 bridgehead atoms. The highest BCUT2D eigenvalue weighted by Crippen LogP contribution is 2.18. The first-order chi connectivity index (χ1) is 7.33. The van der Waals surface area contributed by atoms with Crippen LogP contribution in [0.5, 0.6) is 0 Å². The maximum absolute atomic E-state index is 5.89. The number of ether oxygens (including phenoxy) is 2. The minimum atomic E-state index is -0.0756. The number of hydrogen-bond acceptors (Lipinski definition) is 3. The van der Waals surface area contributed by atoms with E-state index in [1.54, 1.807) is 0 Å². The Morgan fingerprint density at radius 2 is 1.50 bits per heavy atom. The molecule has 1 N–H and O–H groups in total. The molecule has 0 saturated heterocycles. The van der Waals surface area contributed by atoms with Gasteiger partial charge in [-0.05, 0) is 61.1 Å². The lowest BCUT2D eigenvalue weighted by molar-refractivity contribution is -0.0710. The van der Waals surface area contributed by atoms with Gasteiger partial charge in [0, 0.05) is 6.61 Å². The molecule has 0 aromatic rings. The van der Waals surface area contributed by atoms with Gasteiger partial charge in [-0.3, -0.25) is 0 Å². The van der Waals surface area contributed by atoms with Crippen molar-refractivity contribution in [3.8, 4) is 0 Å². The second kappa shape index (κ2) is 7.25. The molecule has 0 amide bonds. The molecule has 16 heavy (non-hydrogen) atoms. The molecular weight excluding hydrogens is 202 g/mol. The second-order valence-electron chi connectivity index (χ2n) is 5.40. The summed E-state index contributed by atoms with van der Waals surface area (Å²) in [6.07, 6.45) is 1.96. The van der Waals surface area contributed by atoms with E-state index in [0.29, 0.717) is 0 Å². The smallest absolute Gasteiger partial charge is 0.0648 e. The zero-order valence-electron chi connectivity index (χ0n) is 11.9. The molecule has 0 rings (SSSR count). The van der Waals surface area contributed by atoms with Crippen molar-refractivity contribution in [1.29, 1.82) is 0 Å². The Kier molecular flexibility index (Phi) is 7.20. The highest BCUT2D eigenvalue weighted by atomic mass is 16.5. The summed E-state index contributed by atoms with van der Waals surface area (Å²) in [4.78, 5) is 0. The minimum absolute atomic E-state index is 0.0503. The first-order valence-electron chi connectivity index (χ1n) is 6.25. The van der Waals surface area contributed by atoms with Crippen molar-refractivity contribution in [1.82, 2.24) is 5.32 Å². The SMILES string of the molecule is CCOC(C)(C)CCOC(C)(C)CCNC. The molecule has 0 aromatic heterocycles. The zero-order valence-corrected chi connectivity index (χ0v) is 11.9. The summed E-state index contributed by atoms with van der Waals surface area (Å²) in [5.74, 6) is 0. The molecule has 0 heterocycles.